The first-order valence-electron chi connectivity index (χ1n) is 6.94. The SMILES string of the molecule is CC(Oc1ccccc1)C(=O)NC(C(C)C)C(C)C. The van der Waals surface area contributed by atoms with Crippen molar-refractivity contribution in [3.8, 4) is 5.75 Å². The number of ether oxygens (including phenoxy) is 1. The van der Waals surface area contributed by atoms with Crippen molar-refractivity contribution in [1.29, 1.82) is 0 Å². The van der Waals surface area contributed by atoms with Crippen molar-refractivity contribution >= 4 is 5.91 Å². The zero-order chi connectivity index (χ0) is 14.4. The maximum absolute atomic E-state index is 12.1. The molecule has 0 bridgehead atoms. The number of benzene rings is 1. The summed E-state index contributed by atoms with van der Waals surface area (Å²) in [6.07, 6.45) is -0.484. The van der Waals surface area contributed by atoms with Crippen LogP contribution in [0, 0.1) is 11.8 Å². The molecule has 1 N–H and O–H groups in total. The Bertz CT molecular complexity index is 379. The average Bonchev–Trinajstić information content (AvgIpc) is 2.35. The Morgan fingerprint density at radius 1 is 1.00 bits per heavy atom. The smallest absolute Gasteiger partial charge is 0.261 e. The lowest BCUT2D eigenvalue weighted by Crippen LogP contribution is -2.47. The van der Waals surface area contributed by atoms with Crippen LogP contribution >= 0.6 is 0 Å². The zero-order valence-corrected chi connectivity index (χ0v) is 12.5. The molecule has 0 fully saturated rings. The molecule has 1 aromatic rings. The zero-order valence-electron chi connectivity index (χ0n) is 12.5. The van der Waals surface area contributed by atoms with E-state index in [9.17, 15) is 4.79 Å². The molecule has 1 rings (SSSR count). The number of rotatable bonds is 6. The largest absolute Gasteiger partial charge is 0.481 e. The fourth-order valence-corrected chi connectivity index (χ4v) is 2.14. The molecule has 0 heterocycles. The van der Waals surface area contributed by atoms with Crippen LogP contribution in [-0.4, -0.2) is 18.1 Å². The molecule has 19 heavy (non-hydrogen) atoms. The second-order valence-electron chi connectivity index (χ2n) is 5.60. The van der Waals surface area contributed by atoms with E-state index in [0.717, 1.165) is 5.75 Å². The molecule has 3 heteroatoms. The summed E-state index contributed by atoms with van der Waals surface area (Å²) in [6.45, 7) is 10.3. The number of hydrogen-bond acceptors (Lipinski definition) is 2. The van der Waals surface area contributed by atoms with Crippen LogP contribution < -0.4 is 10.1 Å². The van der Waals surface area contributed by atoms with Gasteiger partial charge in [0.1, 0.15) is 5.75 Å². The average molecular weight is 263 g/mol. The van der Waals surface area contributed by atoms with Crippen LogP contribution in [0.3, 0.4) is 0 Å². The summed E-state index contributed by atoms with van der Waals surface area (Å²) in [5.74, 6) is 1.48. The third kappa shape index (κ3) is 4.93. The lowest BCUT2D eigenvalue weighted by Gasteiger charge is -2.27. The summed E-state index contributed by atoms with van der Waals surface area (Å²) in [6, 6.07) is 9.59. The second kappa shape index (κ2) is 7.17. The topological polar surface area (TPSA) is 38.3 Å². The molecule has 0 aromatic heterocycles. The molecule has 1 amide bonds. The van der Waals surface area contributed by atoms with E-state index in [1.54, 1.807) is 6.92 Å². The first-order valence-corrected chi connectivity index (χ1v) is 6.94. The van der Waals surface area contributed by atoms with Gasteiger partial charge in [0.2, 0.25) is 0 Å². The number of amides is 1. The van der Waals surface area contributed by atoms with Crippen molar-refractivity contribution in [3.05, 3.63) is 30.3 Å². The Labute approximate surface area is 116 Å². The van der Waals surface area contributed by atoms with Gasteiger partial charge >= 0.3 is 0 Å². The number of hydrogen-bond donors (Lipinski definition) is 1. The second-order valence-corrected chi connectivity index (χ2v) is 5.60. The van der Waals surface area contributed by atoms with Gasteiger partial charge in [-0.05, 0) is 30.9 Å². The molecule has 0 saturated carbocycles. The van der Waals surface area contributed by atoms with E-state index in [0.29, 0.717) is 11.8 Å². The molecule has 0 aliphatic heterocycles. The molecule has 0 radical (unpaired) electrons. The van der Waals surface area contributed by atoms with E-state index in [1.165, 1.54) is 0 Å². The fourth-order valence-electron chi connectivity index (χ4n) is 2.14. The highest BCUT2D eigenvalue weighted by Crippen LogP contribution is 2.14. The lowest BCUT2D eigenvalue weighted by atomic mass is 9.93. The molecule has 1 unspecified atom stereocenters. The summed E-state index contributed by atoms with van der Waals surface area (Å²) in [7, 11) is 0. The van der Waals surface area contributed by atoms with Crippen molar-refractivity contribution in [2.75, 3.05) is 0 Å². The third-order valence-corrected chi connectivity index (χ3v) is 3.17. The Balaban J connectivity index is 2.57. The van der Waals surface area contributed by atoms with Gasteiger partial charge in [-0.2, -0.15) is 0 Å². The van der Waals surface area contributed by atoms with Crippen LogP contribution in [0.25, 0.3) is 0 Å². The van der Waals surface area contributed by atoms with Crippen LogP contribution in [0.2, 0.25) is 0 Å². The van der Waals surface area contributed by atoms with Crippen LogP contribution in [0.15, 0.2) is 30.3 Å². The summed E-state index contributed by atoms with van der Waals surface area (Å²) < 4.78 is 5.62. The van der Waals surface area contributed by atoms with Crippen molar-refractivity contribution in [3.63, 3.8) is 0 Å². The van der Waals surface area contributed by atoms with Gasteiger partial charge in [-0.1, -0.05) is 45.9 Å². The standard InChI is InChI=1S/C16H25NO2/c1-11(2)15(12(3)4)17-16(18)13(5)19-14-9-7-6-8-10-14/h6-13,15H,1-5H3,(H,17,18). The van der Waals surface area contributed by atoms with E-state index in [1.807, 2.05) is 30.3 Å². The number of para-hydroxylation sites is 1. The van der Waals surface area contributed by atoms with Crippen LogP contribution in [0.5, 0.6) is 5.75 Å². The molecule has 1 aromatic carbocycles. The highest BCUT2D eigenvalue weighted by molar-refractivity contribution is 5.81. The van der Waals surface area contributed by atoms with E-state index in [4.69, 9.17) is 4.74 Å². The van der Waals surface area contributed by atoms with E-state index < -0.39 is 6.10 Å². The lowest BCUT2D eigenvalue weighted by molar-refractivity contribution is -0.128. The van der Waals surface area contributed by atoms with E-state index in [2.05, 4.69) is 33.0 Å². The highest BCUT2D eigenvalue weighted by atomic mass is 16.5. The van der Waals surface area contributed by atoms with Crippen LogP contribution in [0.4, 0.5) is 0 Å². The number of nitrogens with one attached hydrogen (secondary N) is 1. The first kappa shape index (κ1) is 15.5. The monoisotopic (exact) mass is 263 g/mol. The first-order chi connectivity index (χ1) is 8.91. The van der Waals surface area contributed by atoms with Gasteiger partial charge < -0.3 is 10.1 Å². The van der Waals surface area contributed by atoms with Crippen molar-refractivity contribution in [1.82, 2.24) is 5.32 Å². The fraction of sp³-hybridized carbons (Fsp3) is 0.562. The molecule has 0 aliphatic carbocycles. The van der Waals surface area contributed by atoms with Gasteiger partial charge in [-0.15, -0.1) is 0 Å². The van der Waals surface area contributed by atoms with Gasteiger partial charge in [0.15, 0.2) is 6.10 Å². The predicted molar refractivity (Wildman–Crippen MR) is 78.1 cm³/mol. The van der Waals surface area contributed by atoms with Crippen molar-refractivity contribution in [2.45, 2.75) is 46.8 Å². The molecule has 106 valence electrons. The molecule has 0 saturated heterocycles. The van der Waals surface area contributed by atoms with Crippen LogP contribution in [0.1, 0.15) is 34.6 Å². The number of carbonyl (C=O) groups is 1. The van der Waals surface area contributed by atoms with Gasteiger partial charge in [-0.25, -0.2) is 0 Å². The third-order valence-electron chi connectivity index (χ3n) is 3.17. The Morgan fingerprint density at radius 2 is 1.53 bits per heavy atom. The minimum atomic E-state index is -0.484. The maximum atomic E-state index is 12.1. The summed E-state index contributed by atoms with van der Waals surface area (Å²) in [5, 5.41) is 3.07. The Kier molecular flexibility index (Phi) is 5.87. The molecule has 3 nitrogen and oxygen atoms in total. The Morgan fingerprint density at radius 3 is 2.00 bits per heavy atom. The number of carbonyl (C=O) groups excluding carboxylic acids is 1. The summed E-state index contributed by atoms with van der Waals surface area (Å²) in [4.78, 5) is 12.1. The van der Waals surface area contributed by atoms with Crippen LogP contribution in [-0.2, 0) is 4.79 Å². The predicted octanol–water partition coefficient (Wildman–Crippen LogP) is 3.25. The normalized spacial score (nSPS) is 12.8. The summed E-state index contributed by atoms with van der Waals surface area (Å²) in [5.41, 5.74) is 0. The van der Waals surface area contributed by atoms with Gasteiger partial charge in [0, 0.05) is 6.04 Å². The Hall–Kier alpha value is -1.51. The highest BCUT2D eigenvalue weighted by Gasteiger charge is 2.23. The minimum Gasteiger partial charge on any atom is -0.481 e. The molecule has 0 aliphatic rings. The van der Waals surface area contributed by atoms with Crippen molar-refractivity contribution < 1.29 is 9.53 Å². The van der Waals surface area contributed by atoms with Gasteiger partial charge in [0.25, 0.3) is 5.91 Å². The molecule has 0 spiro atoms. The van der Waals surface area contributed by atoms with Crippen molar-refractivity contribution in [2.24, 2.45) is 11.8 Å². The maximum Gasteiger partial charge on any atom is 0.261 e. The summed E-state index contributed by atoms with van der Waals surface area (Å²) >= 11 is 0. The van der Waals surface area contributed by atoms with E-state index >= 15 is 0 Å². The molecular formula is C16H25NO2. The van der Waals surface area contributed by atoms with E-state index in [-0.39, 0.29) is 11.9 Å². The minimum absolute atomic E-state index is 0.0590. The van der Waals surface area contributed by atoms with Gasteiger partial charge in [-0.3, -0.25) is 4.79 Å². The van der Waals surface area contributed by atoms with Gasteiger partial charge in [0.05, 0.1) is 0 Å². The molecule has 1 atom stereocenters. The molecular weight excluding hydrogens is 238 g/mol. The quantitative estimate of drug-likeness (QED) is 0.855.